The Balaban J connectivity index is 2.29. The van der Waals surface area contributed by atoms with Crippen LogP contribution in [0.5, 0.6) is 0 Å². The summed E-state index contributed by atoms with van der Waals surface area (Å²) >= 11 is 0. The molecule has 2 N–H and O–H groups in total. The SMILES string of the molecule is Cc1cc(N)c(C(=O)N2[C@H](C)CCC[C@@H]2C)cn1. The zero-order valence-electron chi connectivity index (χ0n) is 11.3. The maximum absolute atomic E-state index is 12.6. The van der Waals surface area contributed by atoms with Crippen LogP contribution in [0, 0.1) is 6.92 Å². The minimum atomic E-state index is 0.0136. The molecule has 1 fully saturated rings. The molecule has 18 heavy (non-hydrogen) atoms. The zero-order valence-corrected chi connectivity index (χ0v) is 11.3. The summed E-state index contributed by atoms with van der Waals surface area (Å²) in [5.74, 6) is 0.0136. The van der Waals surface area contributed by atoms with Crippen LogP contribution in [0.4, 0.5) is 5.69 Å². The first kappa shape index (κ1) is 12.9. The van der Waals surface area contributed by atoms with Crippen molar-refractivity contribution in [3.05, 3.63) is 23.5 Å². The van der Waals surface area contributed by atoms with Gasteiger partial charge in [-0.15, -0.1) is 0 Å². The van der Waals surface area contributed by atoms with Crippen LogP contribution in [0.1, 0.15) is 49.2 Å². The average molecular weight is 247 g/mol. The van der Waals surface area contributed by atoms with Gasteiger partial charge in [0.1, 0.15) is 0 Å². The van der Waals surface area contributed by atoms with E-state index >= 15 is 0 Å². The summed E-state index contributed by atoms with van der Waals surface area (Å²) in [5.41, 5.74) is 7.82. The molecule has 2 atom stereocenters. The molecule has 4 heteroatoms. The van der Waals surface area contributed by atoms with E-state index in [1.807, 2.05) is 11.8 Å². The van der Waals surface area contributed by atoms with Crippen molar-refractivity contribution in [2.24, 2.45) is 0 Å². The van der Waals surface area contributed by atoms with Crippen LogP contribution >= 0.6 is 0 Å². The van der Waals surface area contributed by atoms with Gasteiger partial charge in [-0.1, -0.05) is 0 Å². The Bertz CT molecular complexity index is 448. The van der Waals surface area contributed by atoms with Gasteiger partial charge in [0.25, 0.3) is 5.91 Å². The summed E-state index contributed by atoms with van der Waals surface area (Å²) in [6, 6.07) is 2.32. The Morgan fingerprint density at radius 3 is 2.56 bits per heavy atom. The van der Waals surface area contributed by atoms with Gasteiger partial charge >= 0.3 is 0 Å². The summed E-state index contributed by atoms with van der Waals surface area (Å²) in [4.78, 5) is 18.7. The summed E-state index contributed by atoms with van der Waals surface area (Å²) < 4.78 is 0. The second kappa shape index (κ2) is 4.96. The van der Waals surface area contributed by atoms with Crippen LogP contribution in [-0.2, 0) is 0 Å². The molecule has 1 aliphatic heterocycles. The second-order valence-corrected chi connectivity index (χ2v) is 5.25. The van der Waals surface area contributed by atoms with E-state index in [4.69, 9.17) is 5.73 Å². The number of nitrogens with two attached hydrogens (primary N) is 1. The maximum atomic E-state index is 12.6. The number of piperidine rings is 1. The van der Waals surface area contributed by atoms with E-state index < -0.39 is 0 Å². The van der Waals surface area contributed by atoms with Crippen molar-refractivity contribution in [2.45, 2.75) is 52.1 Å². The van der Waals surface area contributed by atoms with E-state index in [-0.39, 0.29) is 18.0 Å². The third kappa shape index (κ3) is 2.33. The summed E-state index contributed by atoms with van der Waals surface area (Å²) in [6.07, 6.45) is 4.92. The molecule has 1 aromatic rings. The molecule has 1 aromatic heterocycles. The van der Waals surface area contributed by atoms with Gasteiger partial charge in [-0.05, 0) is 46.1 Å². The molecule has 4 nitrogen and oxygen atoms in total. The lowest BCUT2D eigenvalue weighted by atomic mass is 9.96. The smallest absolute Gasteiger partial charge is 0.257 e. The molecule has 0 spiro atoms. The van der Waals surface area contributed by atoms with Gasteiger partial charge in [0.2, 0.25) is 0 Å². The van der Waals surface area contributed by atoms with Crippen LogP contribution in [0.15, 0.2) is 12.3 Å². The largest absolute Gasteiger partial charge is 0.398 e. The van der Waals surface area contributed by atoms with E-state index in [9.17, 15) is 4.79 Å². The normalized spacial score (nSPS) is 24.1. The van der Waals surface area contributed by atoms with Crippen molar-refractivity contribution in [1.29, 1.82) is 0 Å². The van der Waals surface area contributed by atoms with Gasteiger partial charge in [-0.3, -0.25) is 9.78 Å². The third-order valence-electron chi connectivity index (χ3n) is 3.73. The monoisotopic (exact) mass is 247 g/mol. The van der Waals surface area contributed by atoms with Crippen molar-refractivity contribution < 1.29 is 4.79 Å². The summed E-state index contributed by atoms with van der Waals surface area (Å²) in [6.45, 7) is 6.08. The zero-order chi connectivity index (χ0) is 13.3. The molecule has 0 bridgehead atoms. The predicted molar refractivity (Wildman–Crippen MR) is 72.3 cm³/mol. The lowest BCUT2D eigenvalue weighted by Crippen LogP contribution is -2.47. The quantitative estimate of drug-likeness (QED) is 0.828. The van der Waals surface area contributed by atoms with Gasteiger partial charge in [-0.2, -0.15) is 0 Å². The van der Waals surface area contributed by atoms with Gasteiger partial charge in [0, 0.05) is 29.7 Å². The Hall–Kier alpha value is -1.58. The number of amides is 1. The first-order chi connectivity index (χ1) is 8.50. The van der Waals surface area contributed by atoms with E-state index in [1.54, 1.807) is 12.3 Å². The van der Waals surface area contributed by atoms with Crippen LogP contribution in [0.25, 0.3) is 0 Å². The number of aromatic nitrogens is 1. The fourth-order valence-electron chi connectivity index (χ4n) is 2.72. The van der Waals surface area contributed by atoms with Crippen LogP contribution in [0.3, 0.4) is 0 Å². The van der Waals surface area contributed by atoms with Crippen LogP contribution < -0.4 is 5.73 Å². The summed E-state index contributed by atoms with van der Waals surface area (Å²) in [7, 11) is 0. The maximum Gasteiger partial charge on any atom is 0.257 e. The number of hydrogen-bond donors (Lipinski definition) is 1. The predicted octanol–water partition coefficient (Wildman–Crippen LogP) is 2.38. The number of nitrogens with zero attached hydrogens (tertiary/aromatic N) is 2. The van der Waals surface area contributed by atoms with Crippen LogP contribution in [0.2, 0.25) is 0 Å². The van der Waals surface area contributed by atoms with Crippen molar-refractivity contribution in [2.75, 3.05) is 5.73 Å². The molecular weight excluding hydrogens is 226 g/mol. The molecule has 98 valence electrons. The number of anilines is 1. The van der Waals surface area contributed by atoms with Crippen molar-refractivity contribution >= 4 is 11.6 Å². The van der Waals surface area contributed by atoms with Gasteiger partial charge < -0.3 is 10.6 Å². The molecule has 0 aromatic carbocycles. The molecule has 0 radical (unpaired) electrons. The molecule has 1 saturated heterocycles. The van der Waals surface area contributed by atoms with Crippen molar-refractivity contribution in [3.63, 3.8) is 0 Å². The van der Waals surface area contributed by atoms with Gasteiger partial charge in [0.15, 0.2) is 0 Å². The van der Waals surface area contributed by atoms with E-state index in [0.29, 0.717) is 11.3 Å². The first-order valence-electron chi connectivity index (χ1n) is 6.55. The number of carbonyl (C=O) groups is 1. The lowest BCUT2D eigenvalue weighted by Gasteiger charge is -2.39. The first-order valence-corrected chi connectivity index (χ1v) is 6.55. The van der Waals surface area contributed by atoms with Gasteiger partial charge in [0.05, 0.1) is 5.56 Å². The van der Waals surface area contributed by atoms with Gasteiger partial charge in [-0.25, -0.2) is 0 Å². The number of rotatable bonds is 1. The molecule has 2 rings (SSSR count). The molecule has 0 aliphatic carbocycles. The highest BCUT2D eigenvalue weighted by Crippen LogP contribution is 2.26. The molecule has 1 amide bonds. The number of carbonyl (C=O) groups excluding carboxylic acids is 1. The number of aryl methyl sites for hydroxylation is 1. The number of hydrogen-bond acceptors (Lipinski definition) is 3. The Kier molecular flexibility index (Phi) is 3.55. The highest BCUT2D eigenvalue weighted by atomic mass is 16.2. The standard InChI is InChI=1S/C14H21N3O/c1-9-7-13(15)12(8-16-9)14(18)17-10(2)5-4-6-11(17)3/h7-8,10-11H,4-6H2,1-3H3,(H2,15,16)/t10-,11+. The number of nitrogen functional groups attached to an aromatic ring is 1. The number of likely N-dealkylation sites (tertiary alicyclic amines) is 1. The van der Waals surface area contributed by atoms with E-state index in [2.05, 4.69) is 18.8 Å². The summed E-state index contributed by atoms with van der Waals surface area (Å²) in [5, 5.41) is 0. The number of pyridine rings is 1. The molecule has 2 heterocycles. The Morgan fingerprint density at radius 1 is 1.39 bits per heavy atom. The van der Waals surface area contributed by atoms with Crippen molar-refractivity contribution in [1.82, 2.24) is 9.88 Å². The minimum absolute atomic E-state index is 0.0136. The fourth-order valence-corrected chi connectivity index (χ4v) is 2.72. The average Bonchev–Trinajstić information content (AvgIpc) is 2.28. The molecule has 1 aliphatic rings. The van der Waals surface area contributed by atoms with Crippen LogP contribution in [-0.4, -0.2) is 27.9 Å². The minimum Gasteiger partial charge on any atom is -0.398 e. The van der Waals surface area contributed by atoms with E-state index in [1.165, 1.54) is 6.42 Å². The van der Waals surface area contributed by atoms with E-state index in [0.717, 1.165) is 18.5 Å². The third-order valence-corrected chi connectivity index (χ3v) is 3.73. The molecule has 0 saturated carbocycles. The van der Waals surface area contributed by atoms with Crippen molar-refractivity contribution in [3.8, 4) is 0 Å². The molecule has 0 unspecified atom stereocenters. The molecular formula is C14H21N3O. The highest BCUT2D eigenvalue weighted by Gasteiger charge is 2.30. The fraction of sp³-hybridized carbons (Fsp3) is 0.571. The lowest BCUT2D eigenvalue weighted by molar-refractivity contribution is 0.0511. The second-order valence-electron chi connectivity index (χ2n) is 5.25. The topological polar surface area (TPSA) is 59.2 Å². The Morgan fingerprint density at radius 2 is 2.00 bits per heavy atom. The highest BCUT2D eigenvalue weighted by molar-refractivity contribution is 5.99. The Labute approximate surface area is 108 Å².